The summed E-state index contributed by atoms with van der Waals surface area (Å²) in [5, 5.41) is -0.0364. The molecule has 0 aliphatic heterocycles. The summed E-state index contributed by atoms with van der Waals surface area (Å²) in [4.78, 5) is 26.8. The van der Waals surface area contributed by atoms with Gasteiger partial charge in [0.2, 0.25) is 5.28 Å². The van der Waals surface area contributed by atoms with E-state index >= 15 is 0 Å². The van der Waals surface area contributed by atoms with Gasteiger partial charge in [0.25, 0.3) is 5.56 Å². The molecule has 0 radical (unpaired) electrons. The van der Waals surface area contributed by atoms with Crippen LogP contribution < -0.4 is 5.56 Å². The van der Waals surface area contributed by atoms with Crippen LogP contribution in [0.25, 0.3) is 0 Å². The van der Waals surface area contributed by atoms with Gasteiger partial charge in [-0.3, -0.25) is 14.2 Å². The van der Waals surface area contributed by atoms with Gasteiger partial charge in [-0.25, -0.2) is 4.98 Å². The Labute approximate surface area is 112 Å². The van der Waals surface area contributed by atoms with Gasteiger partial charge in [0, 0.05) is 0 Å². The van der Waals surface area contributed by atoms with Crippen molar-refractivity contribution < 1.29 is 9.53 Å². The van der Waals surface area contributed by atoms with E-state index in [0.29, 0.717) is 6.61 Å². The van der Waals surface area contributed by atoms with Gasteiger partial charge in [-0.15, -0.1) is 0 Å². The second-order valence-electron chi connectivity index (χ2n) is 3.34. The minimum atomic E-state index is -0.498. The summed E-state index contributed by atoms with van der Waals surface area (Å²) < 4.78 is 6.24. The van der Waals surface area contributed by atoms with E-state index in [1.165, 1.54) is 6.20 Å². The summed E-state index contributed by atoms with van der Waals surface area (Å²) in [6.45, 7) is 2.12. The highest BCUT2D eigenvalue weighted by Gasteiger charge is 2.11. The van der Waals surface area contributed by atoms with Crippen LogP contribution in [-0.2, 0) is 16.1 Å². The SMILES string of the molecule is CCCCOC(=O)Cn1c(Cl)ncc(Br)c1=O. The predicted molar refractivity (Wildman–Crippen MR) is 67.1 cm³/mol. The molecule has 0 spiro atoms. The summed E-state index contributed by atoms with van der Waals surface area (Å²) in [6, 6.07) is 0. The maximum absolute atomic E-state index is 11.6. The van der Waals surface area contributed by atoms with Crippen LogP contribution in [0, 0.1) is 0 Å². The zero-order valence-corrected chi connectivity index (χ0v) is 11.6. The second-order valence-corrected chi connectivity index (χ2v) is 4.53. The van der Waals surface area contributed by atoms with E-state index in [4.69, 9.17) is 16.3 Å². The lowest BCUT2D eigenvalue weighted by Crippen LogP contribution is -2.27. The molecule has 1 rings (SSSR count). The molecule has 0 N–H and O–H groups in total. The molecule has 1 aromatic heterocycles. The molecular weight excluding hydrogens is 311 g/mol. The Bertz CT molecular complexity index is 461. The highest BCUT2D eigenvalue weighted by molar-refractivity contribution is 9.10. The fourth-order valence-electron chi connectivity index (χ4n) is 1.09. The Hall–Kier alpha value is -0.880. The van der Waals surface area contributed by atoms with Crippen molar-refractivity contribution in [1.82, 2.24) is 9.55 Å². The number of rotatable bonds is 5. The molecule has 17 heavy (non-hydrogen) atoms. The van der Waals surface area contributed by atoms with Crippen LogP contribution in [0.3, 0.4) is 0 Å². The third kappa shape index (κ3) is 4.12. The molecule has 5 nitrogen and oxygen atoms in total. The molecule has 0 saturated carbocycles. The number of carbonyl (C=O) groups is 1. The Morgan fingerprint density at radius 2 is 2.35 bits per heavy atom. The van der Waals surface area contributed by atoms with Crippen molar-refractivity contribution in [3.8, 4) is 0 Å². The number of hydrogen-bond donors (Lipinski definition) is 0. The van der Waals surface area contributed by atoms with Crippen LogP contribution in [0.4, 0.5) is 0 Å². The Balaban J connectivity index is 2.71. The predicted octanol–water partition coefficient (Wildman–Crippen LogP) is 2.00. The van der Waals surface area contributed by atoms with E-state index in [0.717, 1.165) is 17.4 Å². The molecule has 0 atom stereocenters. The van der Waals surface area contributed by atoms with E-state index in [-0.39, 0.29) is 16.3 Å². The first-order chi connectivity index (χ1) is 8.06. The molecule has 0 bridgehead atoms. The largest absolute Gasteiger partial charge is 0.464 e. The fraction of sp³-hybridized carbons (Fsp3) is 0.500. The third-order valence-corrected chi connectivity index (χ3v) is 2.85. The molecule has 0 aromatic carbocycles. The van der Waals surface area contributed by atoms with Crippen LogP contribution in [0.1, 0.15) is 19.8 Å². The maximum Gasteiger partial charge on any atom is 0.326 e. The Kier molecular flexibility index (Phi) is 5.64. The van der Waals surface area contributed by atoms with E-state index in [2.05, 4.69) is 20.9 Å². The maximum atomic E-state index is 11.6. The number of aromatic nitrogens is 2. The molecule has 0 aliphatic carbocycles. The minimum absolute atomic E-state index is 0.0364. The highest BCUT2D eigenvalue weighted by Crippen LogP contribution is 2.06. The zero-order valence-electron chi connectivity index (χ0n) is 9.28. The monoisotopic (exact) mass is 322 g/mol. The van der Waals surface area contributed by atoms with Crippen LogP contribution in [0.5, 0.6) is 0 Å². The number of nitrogens with zero attached hydrogens (tertiary/aromatic N) is 2. The Morgan fingerprint density at radius 1 is 1.65 bits per heavy atom. The molecule has 0 saturated heterocycles. The summed E-state index contributed by atoms with van der Waals surface area (Å²) in [5.41, 5.74) is -0.405. The number of halogens is 2. The van der Waals surface area contributed by atoms with Crippen LogP contribution in [0.2, 0.25) is 5.28 Å². The fourth-order valence-corrected chi connectivity index (χ4v) is 1.59. The van der Waals surface area contributed by atoms with Gasteiger partial charge in [0.1, 0.15) is 11.0 Å². The highest BCUT2D eigenvalue weighted by atomic mass is 79.9. The van der Waals surface area contributed by atoms with Crippen LogP contribution in [-0.4, -0.2) is 22.1 Å². The zero-order chi connectivity index (χ0) is 12.8. The molecule has 1 aromatic rings. The van der Waals surface area contributed by atoms with Gasteiger partial charge < -0.3 is 4.74 Å². The first-order valence-electron chi connectivity index (χ1n) is 5.12. The summed E-state index contributed by atoms with van der Waals surface area (Å²) in [5.74, 6) is -0.498. The van der Waals surface area contributed by atoms with Gasteiger partial charge in [-0.05, 0) is 34.0 Å². The van der Waals surface area contributed by atoms with Crippen molar-refractivity contribution in [3.05, 3.63) is 26.3 Å². The van der Waals surface area contributed by atoms with Crippen molar-refractivity contribution in [1.29, 1.82) is 0 Å². The van der Waals surface area contributed by atoms with Crippen molar-refractivity contribution in [3.63, 3.8) is 0 Å². The van der Waals surface area contributed by atoms with Crippen molar-refractivity contribution in [2.24, 2.45) is 0 Å². The third-order valence-electron chi connectivity index (χ3n) is 2.00. The summed E-state index contributed by atoms with van der Waals surface area (Å²) in [6.07, 6.45) is 3.03. The summed E-state index contributed by atoms with van der Waals surface area (Å²) >= 11 is 8.76. The Morgan fingerprint density at radius 3 is 3.00 bits per heavy atom. The molecule has 7 heteroatoms. The van der Waals surface area contributed by atoms with Gasteiger partial charge in [-0.1, -0.05) is 13.3 Å². The van der Waals surface area contributed by atoms with Gasteiger partial charge in [0.05, 0.1) is 12.8 Å². The summed E-state index contributed by atoms with van der Waals surface area (Å²) in [7, 11) is 0. The van der Waals surface area contributed by atoms with Crippen molar-refractivity contribution in [2.75, 3.05) is 6.61 Å². The number of carbonyl (C=O) groups excluding carboxylic acids is 1. The van der Waals surface area contributed by atoms with Crippen LogP contribution in [0.15, 0.2) is 15.5 Å². The molecular formula is C10H12BrClN2O3. The number of esters is 1. The molecule has 0 amide bonds. The van der Waals surface area contributed by atoms with Gasteiger partial charge >= 0.3 is 5.97 Å². The second kappa shape index (κ2) is 6.76. The van der Waals surface area contributed by atoms with Gasteiger partial charge in [0.15, 0.2) is 0 Å². The lowest BCUT2D eigenvalue weighted by molar-refractivity contribution is -0.144. The normalized spacial score (nSPS) is 10.3. The minimum Gasteiger partial charge on any atom is -0.464 e. The topological polar surface area (TPSA) is 61.2 Å². The van der Waals surface area contributed by atoms with Crippen LogP contribution >= 0.6 is 27.5 Å². The average Bonchev–Trinajstić information content (AvgIpc) is 2.30. The van der Waals surface area contributed by atoms with Crippen molar-refractivity contribution in [2.45, 2.75) is 26.3 Å². The standard InChI is InChI=1S/C10H12BrClN2O3/c1-2-3-4-17-8(15)6-14-9(16)7(11)5-13-10(14)12/h5H,2-4,6H2,1H3. The molecule has 94 valence electrons. The molecule has 0 aliphatic rings. The molecule has 0 fully saturated rings. The lowest BCUT2D eigenvalue weighted by atomic mass is 10.4. The first kappa shape index (κ1) is 14.2. The van der Waals surface area contributed by atoms with E-state index in [9.17, 15) is 9.59 Å². The smallest absolute Gasteiger partial charge is 0.326 e. The quantitative estimate of drug-likeness (QED) is 0.472. The number of hydrogen-bond acceptors (Lipinski definition) is 4. The first-order valence-corrected chi connectivity index (χ1v) is 6.29. The van der Waals surface area contributed by atoms with E-state index in [1.54, 1.807) is 0 Å². The lowest BCUT2D eigenvalue weighted by Gasteiger charge is -2.07. The molecule has 1 heterocycles. The molecule has 0 unspecified atom stereocenters. The number of ether oxygens (including phenoxy) is 1. The van der Waals surface area contributed by atoms with Crippen molar-refractivity contribution >= 4 is 33.5 Å². The van der Waals surface area contributed by atoms with Gasteiger partial charge in [-0.2, -0.15) is 0 Å². The van der Waals surface area contributed by atoms with E-state index in [1.807, 2.05) is 6.92 Å². The average molecular weight is 324 g/mol. The van der Waals surface area contributed by atoms with E-state index < -0.39 is 11.5 Å². The number of unbranched alkanes of at least 4 members (excludes halogenated alkanes) is 1.